The molecule has 0 spiro atoms. The van der Waals surface area contributed by atoms with E-state index in [4.69, 9.17) is 7.85 Å². The van der Waals surface area contributed by atoms with Gasteiger partial charge in [0.2, 0.25) is 0 Å². The Bertz CT molecular complexity index is 75.8. The molecule has 0 amide bonds. The Labute approximate surface area is 28.1 Å². The second-order valence-corrected chi connectivity index (χ2v) is 0.256. The summed E-state index contributed by atoms with van der Waals surface area (Å²) in [5, 5.41) is 7.92. The number of hydrogen-bond acceptors (Lipinski definition) is 1. The smallest absolute Gasteiger partial charge is 0.103 e. The molecule has 1 N–H and O–H groups in total. The highest BCUT2D eigenvalue weighted by Crippen LogP contribution is 1.34. The van der Waals surface area contributed by atoms with Gasteiger partial charge in [-0.2, -0.15) is 0 Å². The third-order valence-corrected chi connectivity index (χ3v) is 0.0645. The first-order valence-electron chi connectivity index (χ1n) is 1.76. The van der Waals surface area contributed by atoms with Crippen LogP contribution in [-0.4, -0.2) is 11.7 Å². The Kier molecular flexibility index (Phi) is 0.689. The van der Waals surface area contributed by atoms with Crippen molar-refractivity contribution in [3.63, 3.8) is 0 Å². The van der Waals surface area contributed by atoms with E-state index in [-0.39, 0.29) is 0 Å². The lowest BCUT2D eigenvalue weighted by Gasteiger charge is -1.55. The third kappa shape index (κ3) is 1.52. The zero-order valence-electron chi connectivity index (χ0n) is 4.02. The SMILES string of the molecule is [2H]C([2H])(O)C#C. The fraction of sp³-hybridized carbons (Fsp3) is 0.333. The molecule has 0 aromatic rings. The molecule has 0 heterocycles. The van der Waals surface area contributed by atoms with Crippen molar-refractivity contribution in [3.8, 4) is 12.3 Å². The molecule has 0 saturated heterocycles. The highest BCUT2D eigenvalue weighted by Gasteiger charge is 1.43. The highest BCUT2D eigenvalue weighted by molar-refractivity contribution is 4.81. The van der Waals surface area contributed by atoms with Crippen LogP contribution in [0.15, 0.2) is 0 Å². The van der Waals surface area contributed by atoms with E-state index < -0.39 is 6.56 Å². The van der Waals surface area contributed by atoms with Crippen molar-refractivity contribution in [1.82, 2.24) is 0 Å². The molecule has 1 heteroatoms. The van der Waals surface area contributed by atoms with Crippen molar-refractivity contribution in [2.24, 2.45) is 0 Å². The summed E-state index contributed by atoms with van der Waals surface area (Å²) in [4.78, 5) is 0. The summed E-state index contributed by atoms with van der Waals surface area (Å²) in [6, 6.07) is 0. The van der Waals surface area contributed by atoms with Gasteiger partial charge in [-0.15, -0.1) is 6.42 Å². The fourth-order valence-corrected chi connectivity index (χ4v) is 0. The number of hydrogen-bond donors (Lipinski definition) is 1. The Morgan fingerprint density at radius 1 is 2.50 bits per heavy atom. The minimum Gasteiger partial charge on any atom is -0.384 e. The summed E-state index contributed by atoms with van der Waals surface area (Å²) in [5.74, 6) is 1.49. The van der Waals surface area contributed by atoms with Gasteiger partial charge >= 0.3 is 0 Å². The van der Waals surface area contributed by atoms with Gasteiger partial charge in [0.15, 0.2) is 0 Å². The molecule has 0 radical (unpaired) electrons. The molecule has 0 aromatic heterocycles. The maximum Gasteiger partial charge on any atom is 0.103 e. The highest BCUT2D eigenvalue weighted by atomic mass is 16.2. The average Bonchev–Trinajstić information content (AvgIpc) is 1.35. The zero-order chi connectivity index (χ0) is 5.21. The van der Waals surface area contributed by atoms with Crippen LogP contribution in [0.25, 0.3) is 0 Å². The van der Waals surface area contributed by atoms with Crippen LogP contribution >= 0.6 is 0 Å². The summed E-state index contributed by atoms with van der Waals surface area (Å²) in [6.07, 6.45) is 4.43. The normalized spacial score (nSPS) is 16.0. The molecule has 0 fully saturated rings. The predicted octanol–water partition coefficient (Wildman–Crippen LogP) is -0.388. The van der Waals surface area contributed by atoms with E-state index >= 15 is 0 Å². The molecule has 22 valence electrons. The molecule has 0 unspecified atom stereocenters. The van der Waals surface area contributed by atoms with Crippen molar-refractivity contribution in [3.05, 3.63) is 0 Å². The van der Waals surface area contributed by atoms with Crippen LogP contribution in [0.2, 0.25) is 0 Å². The van der Waals surface area contributed by atoms with Gasteiger partial charge < -0.3 is 5.11 Å². The van der Waals surface area contributed by atoms with E-state index in [0.717, 1.165) is 0 Å². The predicted molar refractivity (Wildman–Crippen MR) is 15.9 cm³/mol. The number of terminal acetylenes is 1. The molecule has 0 aromatic carbocycles. The number of rotatable bonds is 0. The van der Waals surface area contributed by atoms with Gasteiger partial charge in [0.25, 0.3) is 0 Å². The molecule has 0 aliphatic carbocycles. The molecule has 0 saturated carbocycles. The third-order valence-electron chi connectivity index (χ3n) is 0.0645. The van der Waals surface area contributed by atoms with Crippen LogP contribution < -0.4 is 0 Å². The van der Waals surface area contributed by atoms with Gasteiger partial charge in [-0.05, 0) is 0 Å². The molecule has 0 aliphatic rings. The molecule has 4 heavy (non-hydrogen) atoms. The second-order valence-electron chi connectivity index (χ2n) is 0.256. The van der Waals surface area contributed by atoms with Crippen LogP contribution in [0, 0.1) is 12.3 Å². The van der Waals surface area contributed by atoms with Gasteiger partial charge in [0.1, 0.15) is 6.56 Å². The number of aliphatic hydroxyl groups is 1. The average molecular weight is 58.1 g/mol. The van der Waals surface area contributed by atoms with Crippen molar-refractivity contribution in [2.45, 2.75) is 0 Å². The van der Waals surface area contributed by atoms with Crippen molar-refractivity contribution in [1.29, 1.82) is 0 Å². The van der Waals surface area contributed by atoms with E-state index in [2.05, 4.69) is 6.42 Å². The lowest BCUT2D eigenvalue weighted by Crippen LogP contribution is -1.64. The summed E-state index contributed by atoms with van der Waals surface area (Å²) in [7, 11) is 0. The Morgan fingerprint density at radius 3 is 2.75 bits per heavy atom. The summed E-state index contributed by atoms with van der Waals surface area (Å²) in [5.41, 5.74) is 0. The van der Waals surface area contributed by atoms with Gasteiger partial charge in [-0.3, -0.25) is 0 Å². The Balaban J connectivity index is 3.55. The van der Waals surface area contributed by atoms with Gasteiger partial charge in [-0.25, -0.2) is 0 Å². The van der Waals surface area contributed by atoms with E-state index in [0.29, 0.717) is 0 Å². The minimum absolute atomic E-state index is 1.49. The zero-order valence-corrected chi connectivity index (χ0v) is 2.02. The van der Waals surface area contributed by atoms with Crippen molar-refractivity contribution < 1.29 is 7.85 Å². The minimum atomic E-state index is -2.43. The van der Waals surface area contributed by atoms with E-state index in [9.17, 15) is 0 Å². The summed E-state index contributed by atoms with van der Waals surface area (Å²) in [6.45, 7) is -2.43. The standard InChI is InChI=1S/C3H4O/c1-2-3-4/h1,4H,3H2/i3D2. The first-order chi connectivity index (χ1) is 2.56. The van der Waals surface area contributed by atoms with Gasteiger partial charge in [-0.1, -0.05) is 5.92 Å². The van der Waals surface area contributed by atoms with Gasteiger partial charge in [0.05, 0.1) is 2.74 Å². The second kappa shape index (κ2) is 2.52. The monoisotopic (exact) mass is 58.0 g/mol. The first-order valence-corrected chi connectivity index (χ1v) is 0.762. The van der Waals surface area contributed by atoms with Crippen molar-refractivity contribution in [2.75, 3.05) is 6.56 Å². The summed E-state index contributed by atoms with van der Waals surface area (Å²) >= 11 is 0. The first kappa shape index (κ1) is 1.09. The topological polar surface area (TPSA) is 20.2 Å². The summed E-state index contributed by atoms with van der Waals surface area (Å²) < 4.78 is 12.3. The van der Waals surface area contributed by atoms with E-state index in [1.807, 2.05) is 0 Å². The maximum atomic E-state index is 7.92. The lowest BCUT2D eigenvalue weighted by atomic mass is 10.8. The maximum absolute atomic E-state index is 7.92. The molecule has 0 aliphatic heterocycles. The van der Waals surface area contributed by atoms with E-state index in [1.54, 1.807) is 0 Å². The largest absolute Gasteiger partial charge is 0.384 e. The molecule has 0 atom stereocenters. The van der Waals surface area contributed by atoms with E-state index in [1.165, 1.54) is 5.92 Å². The van der Waals surface area contributed by atoms with Gasteiger partial charge in [0, 0.05) is 0 Å². The lowest BCUT2D eigenvalue weighted by molar-refractivity contribution is 0.351. The molecular weight excluding hydrogens is 52.0 g/mol. The quantitative estimate of drug-likeness (QED) is 0.376. The molecule has 1 nitrogen and oxygen atoms in total. The fourth-order valence-electron chi connectivity index (χ4n) is 0. The Morgan fingerprint density at radius 2 is 2.75 bits per heavy atom. The van der Waals surface area contributed by atoms with Crippen LogP contribution in [0.3, 0.4) is 0 Å². The van der Waals surface area contributed by atoms with Crippen LogP contribution in [0.1, 0.15) is 2.74 Å². The van der Waals surface area contributed by atoms with Crippen LogP contribution in [0.4, 0.5) is 0 Å². The Hall–Kier alpha value is -0.480. The van der Waals surface area contributed by atoms with Crippen molar-refractivity contribution >= 4 is 0 Å². The van der Waals surface area contributed by atoms with Crippen LogP contribution in [0.5, 0.6) is 0 Å². The molecular formula is C3H4O. The molecule has 0 rings (SSSR count). The van der Waals surface area contributed by atoms with Crippen LogP contribution in [-0.2, 0) is 0 Å². The molecule has 0 bridgehead atoms.